The van der Waals surface area contributed by atoms with Gasteiger partial charge in [0.05, 0.1) is 11.3 Å². The van der Waals surface area contributed by atoms with Crippen LogP contribution in [0.2, 0.25) is 5.02 Å². The van der Waals surface area contributed by atoms with Crippen molar-refractivity contribution < 1.29 is 9.90 Å². The predicted octanol–water partition coefficient (Wildman–Crippen LogP) is 3.26. The quantitative estimate of drug-likeness (QED) is 0.848. The zero-order valence-electron chi connectivity index (χ0n) is 11.0. The van der Waals surface area contributed by atoms with Crippen LogP contribution in [0.15, 0.2) is 42.5 Å². The lowest BCUT2D eigenvalue weighted by atomic mass is 10.1. The van der Waals surface area contributed by atoms with Crippen molar-refractivity contribution in [1.82, 2.24) is 0 Å². The third-order valence-electron chi connectivity index (χ3n) is 3.03. The van der Waals surface area contributed by atoms with Crippen molar-refractivity contribution in [2.24, 2.45) is 0 Å². The van der Waals surface area contributed by atoms with Gasteiger partial charge in [0.1, 0.15) is 0 Å². The molecule has 2 rings (SSSR count). The van der Waals surface area contributed by atoms with E-state index in [4.69, 9.17) is 17.3 Å². The molecular weight excluding hydrogens is 276 g/mol. The van der Waals surface area contributed by atoms with Gasteiger partial charge in [-0.3, -0.25) is 0 Å². The Kier molecular flexibility index (Phi) is 4.15. The zero-order chi connectivity index (χ0) is 14.7. The highest BCUT2D eigenvalue weighted by Crippen LogP contribution is 2.26. The lowest BCUT2D eigenvalue weighted by molar-refractivity contribution is 0.0697. The number of benzene rings is 2. The van der Waals surface area contributed by atoms with Gasteiger partial charge in [0.15, 0.2) is 0 Å². The highest BCUT2D eigenvalue weighted by molar-refractivity contribution is 6.31. The van der Waals surface area contributed by atoms with E-state index >= 15 is 0 Å². The van der Waals surface area contributed by atoms with E-state index in [9.17, 15) is 9.90 Å². The molecule has 0 unspecified atom stereocenters. The van der Waals surface area contributed by atoms with Crippen molar-refractivity contribution in [2.75, 3.05) is 17.7 Å². The van der Waals surface area contributed by atoms with Gasteiger partial charge >= 0.3 is 5.97 Å². The van der Waals surface area contributed by atoms with Gasteiger partial charge in [-0.05, 0) is 29.8 Å². The van der Waals surface area contributed by atoms with E-state index in [0.29, 0.717) is 22.9 Å². The molecule has 0 aliphatic carbocycles. The predicted molar refractivity (Wildman–Crippen MR) is 81.4 cm³/mol. The molecule has 0 radical (unpaired) electrons. The fourth-order valence-electron chi connectivity index (χ4n) is 2.01. The van der Waals surface area contributed by atoms with Crippen LogP contribution in [0.3, 0.4) is 0 Å². The normalized spacial score (nSPS) is 10.3. The summed E-state index contributed by atoms with van der Waals surface area (Å²) in [6.45, 7) is 0.503. The maximum Gasteiger partial charge on any atom is 0.337 e. The molecule has 0 aliphatic rings. The van der Waals surface area contributed by atoms with E-state index in [1.165, 1.54) is 6.07 Å². The Morgan fingerprint density at radius 3 is 2.65 bits per heavy atom. The third-order valence-corrected chi connectivity index (χ3v) is 3.40. The maximum atomic E-state index is 11.3. The third kappa shape index (κ3) is 3.03. The van der Waals surface area contributed by atoms with Crippen molar-refractivity contribution in [3.8, 4) is 0 Å². The number of nitrogen functional groups attached to an aromatic ring is 1. The van der Waals surface area contributed by atoms with Crippen molar-refractivity contribution in [2.45, 2.75) is 6.54 Å². The largest absolute Gasteiger partial charge is 0.478 e. The molecule has 0 bridgehead atoms. The van der Waals surface area contributed by atoms with Crippen LogP contribution in [0, 0.1) is 0 Å². The van der Waals surface area contributed by atoms with E-state index < -0.39 is 5.97 Å². The first-order valence-corrected chi connectivity index (χ1v) is 6.44. The molecule has 0 atom stereocenters. The van der Waals surface area contributed by atoms with Gasteiger partial charge in [0.2, 0.25) is 0 Å². The van der Waals surface area contributed by atoms with Crippen molar-refractivity contribution in [1.29, 1.82) is 0 Å². The fraction of sp³-hybridized carbons (Fsp3) is 0.133. The number of carboxylic acids is 1. The number of carboxylic acid groups (broad SMARTS) is 1. The van der Waals surface area contributed by atoms with Gasteiger partial charge < -0.3 is 15.7 Å². The van der Waals surface area contributed by atoms with Gasteiger partial charge in [0, 0.05) is 24.3 Å². The fourth-order valence-corrected chi connectivity index (χ4v) is 2.21. The van der Waals surface area contributed by atoms with Crippen LogP contribution in [0.25, 0.3) is 0 Å². The summed E-state index contributed by atoms with van der Waals surface area (Å²) in [7, 11) is 1.81. The highest BCUT2D eigenvalue weighted by atomic mass is 35.5. The number of carbonyl (C=O) groups is 1. The number of halogens is 1. The Morgan fingerprint density at radius 1 is 1.30 bits per heavy atom. The number of anilines is 2. The van der Waals surface area contributed by atoms with Crippen LogP contribution < -0.4 is 10.6 Å². The van der Waals surface area contributed by atoms with E-state index in [0.717, 1.165) is 5.56 Å². The summed E-state index contributed by atoms with van der Waals surface area (Å²) >= 11 is 6.12. The molecule has 0 saturated carbocycles. The Morgan fingerprint density at radius 2 is 2.00 bits per heavy atom. The minimum atomic E-state index is -0.981. The molecule has 2 aromatic rings. The number of aromatic carboxylic acids is 1. The first kappa shape index (κ1) is 14.2. The molecule has 4 nitrogen and oxygen atoms in total. The molecule has 3 N–H and O–H groups in total. The molecule has 5 heteroatoms. The minimum absolute atomic E-state index is 0.216. The Bertz CT molecular complexity index is 644. The van der Waals surface area contributed by atoms with Gasteiger partial charge in [-0.1, -0.05) is 29.8 Å². The molecule has 0 fully saturated rings. The first-order valence-electron chi connectivity index (χ1n) is 6.06. The Hall–Kier alpha value is -2.20. The summed E-state index contributed by atoms with van der Waals surface area (Å²) < 4.78 is 0. The second-order valence-electron chi connectivity index (χ2n) is 4.53. The molecular formula is C15H15ClN2O2. The molecule has 2 aromatic carbocycles. The summed E-state index contributed by atoms with van der Waals surface area (Å²) in [5.41, 5.74) is 7.98. The first-order chi connectivity index (χ1) is 9.49. The maximum absolute atomic E-state index is 11.3. The number of hydrogen-bond acceptors (Lipinski definition) is 3. The van der Waals surface area contributed by atoms with Crippen LogP contribution in [0.5, 0.6) is 0 Å². The minimum Gasteiger partial charge on any atom is -0.478 e. The summed E-state index contributed by atoms with van der Waals surface area (Å²) in [6.07, 6.45) is 0. The molecule has 0 saturated heterocycles. The molecule has 20 heavy (non-hydrogen) atoms. The molecule has 104 valence electrons. The highest BCUT2D eigenvalue weighted by Gasteiger charge is 2.14. The van der Waals surface area contributed by atoms with Gasteiger partial charge in [0.25, 0.3) is 0 Å². The van der Waals surface area contributed by atoms with Gasteiger partial charge in [-0.2, -0.15) is 0 Å². The second-order valence-corrected chi connectivity index (χ2v) is 4.94. The van der Waals surface area contributed by atoms with Crippen molar-refractivity contribution in [3.63, 3.8) is 0 Å². The van der Waals surface area contributed by atoms with E-state index in [1.807, 2.05) is 36.2 Å². The molecule has 0 aromatic heterocycles. The molecule has 0 spiro atoms. The van der Waals surface area contributed by atoms with Crippen LogP contribution in [-0.4, -0.2) is 18.1 Å². The van der Waals surface area contributed by atoms with E-state index in [2.05, 4.69) is 0 Å². The summed E-state index contributed by atoms with van der Waals surface area (Å²) in [5, 5.41) is 9.89. The Balaban J connectivity index is 2.34. The molecule has 0 aliphatic heterocycles. The summed E-state index contributed by atoms with van der Waals surface area (Å²) in [5.74, 6) is -0.981. The number of nitrogens with zero attached hydrogens (tertiary/aromatic N) is 1. The summed E-state index contributed by atoms with van der Waals surface area (Å²) in [4.78, 5) is 13.1. The van der Waals surface area contributed by atoms with Gasteiger partial charge in [-0.25, -0.2) is 4.79 Å². The van der Waals surface area contributed by atoms with Crippen molar-refractivity contribution >= 4 is 28.9 Å². The lowest BCUT2D eigenvalue weighted by Gasteiger charge is -2.22. The average Bonchev–Trinajstić information content (AvgIpc) is 2.40. The SMILES string of the molecule is CN(Cc1ccccc1Cl)c1cc(N)ccc1C(=O)O. The molecule has 0 amide bonds. The van der Waals surface area contributed by atoms with E-state index in [-0.39, 0.29) is 5.56 Å². The number of rotatable bonds is 4. The molecule has 0 heterocycles. The average molecular weight is 291 g/mol. The van der Waals surface area contributed by atoms with Crippen molar-refractivity contribution in [3.05, 3.63) is 58.6 Å². The van der Waals surface area contributed by atoms with Crippen LogP contribution in [-0.2, 0) is 6.54 Å². The zero-order valence-corrected chi connectivity index (χ0v) is 11.8. The van der Waals surface area contributed by atoms with Gasteiger partial charge in [-0.15, -0.1) is 0 Å². The van der Waals surface area contributed by atoms with Crippen LogP contribution >= 0.6 is 11.6 Å². The topological polar surface area (TPSA) is 66.6 Å². The Labute approximate surface area is 122 Å². The second kappa shape index (κ2) is 5.84. The monoisotopic (exact) mass is 290 g/mol. The van der Waals surface area contributed by atoms with Crippen LogP contribution in [0.4, 0.5) is 11.4 Å². The smallest absolute Gasteiger partial charge is 0.337 e. The number of hydrogen-bond donors (Lipinski definition) is 2. The lowest BCUT2D eigenvalue weighted by Crippen LogP contribution is -2.19. The van der Waals surface area contributed by atoms with Crippen LogP contribution in [0.1, 0.15) is 15.9 Å². The number of nitrogens with two attached hydrogens (primary N) is 1. The summed E-state index contributed by atoms with van der Waals surface area (Å²) in [6, 6.07) is 12.2. The standard InChI is InChI=1S/C15H15ClN2O2/c1-18(9-10-4-2-3-5-13(10)16)14-8-11(17)6-7-12(14)15(19)20/h2-8H,9,17H2,1H3,(H,19,20). The van der Waals surface area contributed by atoms with E-state index in [1.54, 1.807) is 12.1 Å².